The topological polar surface area (TPSA) is 121 Å². The van der Waals surface area contributed by atoms with Gasteiger partial charge in [-0.25, -0.2) is 14.8 Å². The van der Waals surface area contributed by atoms with E-state index in [2.05, 4.69) is 25.5 Å². The Labute approximate surface area is 179 Å². The minimum Gasteiger partial charge on any atom is -0.477 e. The van der Waals surface area contributed by atoms with Crippen LogP contribution < -0.4 is 10.1 Å². The molecule has 1 amide bonds. The number of pyridine rings is 2. The average molecular weight is 424 g/mol. The molecule has 1 N–H and O–H groups in total. The Bertz CT molecular complexity index is 1050. The number of esters is 1. The molecule has 3 aromatic rings. The molecule has 0 aliphatic rings. The molecule has 31 heavy (non-hydrogen) atoms. The predicted octanol–water partition coefficient (Wildman–Crippen LogP) is 2.82. The van der Waals surface area contributed by atoms with Crippen LogP contribution in [-0.4, -0.2) is 50.8 Å². The summed E-state index contributed by atoms with van der Waals surface area (Å²) in [6.07, 6.45) is 5.37. The second-order valence-electron chi connectivity index (χ2n) is 6.93. The Kier molecular flexibility index (Phi) is 7.26. The van der Waals surface area contributed by atoms with Gasteiger partial charge in [-0.2, -0.15) is 0 Å². The summed E-state index contributed by atoms with van der Waals surface area (Å²) >= 11 is 0. The van der Waals surface area contributed by atoms with Crippen LogP contribution in [0.4, 0.5) is 5.82 Å². The molecule has 0 aromatic carbocycles. The van der Waals surface area contributed by atoms with Gasteiger partial charge in [-0.05, 0) is 50.5 Å². The number of nitrogens with one attached hydrogen (secondary N) is 1. The van der Waals surface area contributed by atoms with E-state index in [1.54, 1.807) is 30.7 Å². The number of hydrogen-bond acceptors (Lipinski definition) is 8. The Hall–Kier alpha value is -3.82. The fourth-order valence-electron chi connectivity index (χ4n) is 3.06. The van der Waals surface area contributed by atoms with Gasteiger partial charge in [0.1, 0.15) is 23.4 Å². The number of nitrogens with zero attached hydrogens (tertiary/aromatic N) is 5. The second-order valence-corrected chi connectivity index (χ2v) is 6.93. The summed E-state index contributed by atoms with van der Waals surface area (Å²) in [5.74, 6) is 0.831. The van der Waals surface area contributed by atoms with Gasteiger partial charge in [-0.1, -0.05) is 6.07 Å². The molecule has 162 valence electrons. The summed E-state index contributed by atoms with van der Waals surface area (Å²) in [6, 6.07) is 7.06. The van der Waals surface area contributed by atoms with Crippen LogP contribution in [0.25, 0.3) is 11.5 Å². The maximum atomic E-state index is 11.9. The number of hydrogen-bond donors (Lipinski definition) is 1. The Balaban J connectivity index is 1.61. The van der Waals surface area contributed by atoms with Crippen molar-refractivity contribution in [3.63, 3.8) is 0 Å². The van der Waals surface area contributed by atoms with Gasteiger partial charge >= 0.3 is 5.97 Å². The van der Waals surface area contributed by atoms with Crippen LogP contribution >= 0.6 is 0 Å². The van der Waals surface area contributed by atoms with E-state index in [1.807, 2.05) is 24.5 Å². The van der Waals surface area contributed by atoms with Gasteiger partial charge in [0.05, 0.1) is 13.7 Å². The molecule has 0 saturated carbocycles. The molecular formula is C21H24N6O4. The molecule has 10 nitrogen and oxygen atoms in total. The third-order valence-corrected chi connectivity index (χ3v) is 4.63. The standard InChI is InChI=1S/C21H24N6O4/c1-14-10-16(21(29)30-3)20(22-11-14)31-9-5-6-15(2)27-12-24-26-19(27)17-7-4-8-18(25-17)23-13-28/h4,7-8,10-13,15H,5-6,9H2,1-3H3,(H,23,25,28). The van der Waals surface area contributed by atoms with E-state index in [1.165, 1.54) is 7.11 Å². The number of amides is 1. The first kappa shape index (κ1) is 21.9. The van der Waals surface area contributed by atoms with Gasteiger partial charge < -0.3 is 19.4 Å². The van der Waals surface area contributed by atoms with Crippen molar-refractivity contribution in [1.82, 2.24) is 24.7 Å². The van der Waals surface area contributed by atoms with E-state index in [9.17, 15) is 9.59 Å². The molecule has 1 unspecified atom stereocenters. The number of anilines is 1. The number of ether oxygens (including phenoxy) is 2. The molecule has 3 aromatic heterocycles. The molecular weight excluding hydrogens is 400 g/mol. The van der Waals surface area contributed by atoms with E-state index in [0.717, 1.165) is 18.4 Å². The van der Waals surface area contributed by atoms with Crippen molar-refractivity contribution in [1.29, 1.82) is 0 Å². The van der Waals surface area contributed by atoms with Gasteiger partial charge in [0.2, 0.25) is 12.3 Å². The quantitative estimate of drug-likeness (QED) is 0.300. The van der Waals surface area contributed by atoms with Crippen LogP contribution in [0.1, 0.15) is 41.7 Å². The van der Waals surface area contributed by atoms with Crippen LogP contribution in [0, 0.1) is 6.92 Å². The second kappa shape index (κ2) is 10.3. The summed E-state index contributed by atoms with van der Waals surface area (Å²) in [5.41, 5.74) is 1.77. The minimum atomic E-state index is -0.479. The SMILES string of the molecule is COC(=O)c1cc(C)cnc1OCCCC(C)n1cnnc1-c1cccc(NC=O)n1. The van der Waals surface area contributed by atoms with Crippen LogP contribution in [0.2, 0.25) is 0 Å². The number of carbonyl (C=O) groups excluding carboxylic acids is 2. The molecule has 0 aliphatic carbocycles. The maximum absolute atomic E-state index is 11.9. The van der Waals surface area contributed by atoms with Crippen molar-refractivity contribution in [3.8, 4) is 17.4 Å². The van der Waals surface area contributed by atoms with Crippen molar-refractivity contribution in [2.45, 2.75) is 32.7 Å². The lowest BCUT2D eigenvalue weighted by Crippen LogP contribution is -2.11. The molecule has 0 radical (unpaired) electrons. The van der Waals surface area contributed by atoms with Crippen LogP contribution in [-0.2, 0) is 9.53 Å². The van der Waals surface area contributed by atoms with Crippen molar-refractivity contribution < 1.29 is 19.1 Å². The number of rotatable bonds is 10. The molecule has 0 spiro atoms. The van der Waals surface area contributed by atoms with Crippen molar-refractivity contribution in [2.24, 2.45) is 0 Å². The number of methoxy groups -OCH3 is 1. The highest BCUT2D eigenvalue weighted by atomic mass is 16.5. The largest absolute Gasteiger partial charge is 0.477 e. The monoisotopic (exact) mass is 424 g/mol. The third kappa shape index (κ3) is 5.41. The lowest BCUT2D eigenvalue weighted by atomic mass is 10.2. The maximum Gasteiger partial charge on any atom is 0.343 e. The summed E-state index contributed by atoms with van der Waals surface area (Å²) in [6.45, 7) is 4.28. The van der Waals surface area contributed by atoms with E-state index < -0.39 is 5.97 Å². The lowest BCUT2D eigenvalue weighted by molar-refractivity contribution is -0.105. The summed E-state index contributed by atoms with van der Waals surface area (Å²) in [5, 5.41) is 10.7. The van der Waals surface area contributed by atoms with Crippen LogP contribution in [0.3, 0.4) is 0 Å². The van der Waals surface area contributed by atoms with Gasteiger partial charge in [-0.3, -0.25) is 4.79 Å². The summed E-state index contributed by atoms with van der Waals surface area (Å²) < 4.78 is 12.5. The van der Waals surface area contributed by atoms with E-state index in [0.29, 0.717) is 35.9 Å². The molecule has 0 saturated heterocycles. The Morgan fingerprint density at radius 1 is 1.35 bits per heavy atom. The molecule has 1 atom stereocenters. The fourth-order valence-corrected chi connectivity index (χ4v) is 3.06. The molecule has 3 heterocycles. The zero-order chi connectivity index (χ0) is 22.2. The fraction of sp³-hybridized carbons (Fsp3) is 0.333. The Morgan fingerprint density at radius 3 is 2.97 bits per heavy atom. The van der Waals surface area contributed by atoms with E-state index in [4.69, 9.17) is 9.47 Å². The number of aromatic nitrogens is 5. The summed E-state index contributed by atoms with van der Waals surface area (Å²) in [4.78, 5) is 31.2. The smallest absolute Gasteiger partial charge is 0.343 e. The van der Waals surface area contributed by atoms with Crippen molar-refractivity contribution in [2.75, 3.05) is 19.0 Å². The molecule has 0 bridgehead atoms. The number of aryl methyl sites for hydroxylation is 1. The molecule has 10 heteroatoms. The first-order valence-electron chi connectivity index (χ1n) is 9.78. The van der Waals surface area contributed by atoms with E-state index in [-0.39, 0.29) is 11.9 Å². The Morgan fingerprint density at radius 2 is 2.19 bits per heavy atom. The van der Waals surface area contributed by atoms with E-state index >= 15 is 0 Å². The molecule has 0 aliphatic heterocycles. The molecule has 3 rings (SSSR count). The van der Waals surface area contributed by atoms with Crippen LogP contribution in [0.15, 0.2) is 36.8 Å². The highest BCUT2D eigenvalue weighted by molar-refractivity contribution is 5.91. The number of carbonyl (C=O) groups is 2. The van der Waals surface area contributed by atoms with Crippen molar-refractivity contribution >= 4 is 18.2 Å². The molecule has 0 fully saturated rings. The zero-order valence-corrected chi connectivity index (χ0v) is 17.6. The predicted molar refractivity (Wildman–Crippen MR) is 113 cm³/mol. The van der Waals surface area contributed by atoms with Gasteiger partial charge in [0.25, 0.3) is 0 Å². The highest BCUT2D eigenvalue weighted by Gasteiger charge is 2.17. The van der Waals surface area contributed by atoms with Gasteiger partial charge in [0, 0.05) is 12.2 Å². The highest BCUT2D eigenvalue weighted by Crippen LogP contribution is 2.23. The summed E-state index contributed by atoms with van der Waals surface area (Å²) in [7, 11) is 1.33. The van der Waals surface area contributed by atoms with Gasteiger partial charge in [0.15, 0.2) is 5.82 Å². The third-order valence-electron chi connectivity index (χ3n) is 4.63. The van der Waals surface area contributed by atoms with Crippen molar-refractivity contribution in [3.05, 3.63) is 47.9 Å². The normalized spacial score (nSPS) is 11.6. The van der Waals surface area contributed by atoms with Crippen LogP contribution in [0.5, 0.6) is 5.88 Å². The lowest BCUT2D eigenvalue weighted by Gasteiger charge is -2.16. The first-order chi connectivity index (χ1) is 15.0. The van der Waals surface area contributed by atoms with Gasteiger partial charge in [-0.15, -0.1) is 10.2 Å². The zero-order valence-electron chi connectivity index (χ0n) is 17.6. The first-order valence-corrected chi connectivity index (χ1v) is 9.78. The average Bonchev–Trinajstić information content (AvgIpc) is 3.27. The minimum absolute atomic E-state index is 0.0733.